The van der Waals surface area contributed by atoms with Crippen molar-refractivity contribution >= 4 is 17.9 Å². The minimum atomic E-state index is -1.14. The molecular weight excluding hydrogens is 691 g/mol. The van der Waals surface area contributed by atoms with Crippen molar-refractivity contribution in [1.29, 1.82) is 0 Å². The van der Waals surface area contributed by atoms with Gasteiger partial charge in [0.05, 0.1) is 40.3 Å². The molecule has 0 aliphatic carbocycles. The van der Waals surface area contributed by atoms with Gasteiger partial charge in [-0.25, -0.2) is 0 Å². The molecular formula is C47H75NO7. The molecule has 2 atom stereocenters. The molecule has 0 aliphatic rings. The van der Waals surface area contributed by atoms with Crippen LogP contribution in [-0.2, 0) is 28.6 Å². The number of hydrogen-bond acceptors (Lipinski definition) is 7. The maximum atomic E-state index is 12.7. The Hall–Kier alpha value is -3.75. The quantitative estimate of drug-likeness (QED) is 0.0208. The van der Waals surface area contributed by atoms with Crippen LogP contribution in [0.5, 0.6) is 0 Å². The van der Waals surface area contributed by atoms with E-state index in [0.717, 1.165) is 77.0 Å². The molecule has 0 fully saturated rings. The summed E-state index contributed by atoms with van der Waals surface area (Å²) >= 11 is 0. The van der Waals surface area contributed by atoms with Crippen molar-refractivity contribution in [3.8, 4) is 0 Å². The van der Waals surface area contributed by atoms with E-state index < -0.39 is 18.1 Å². The van der Waals surface area contributed by atoms with E-state index in [1.807, 2.05) is 48.6 Å². The molecule has 310 valence electrons. The number of nitrogens with zero attached hydrogens (tertiary/aromatic N) is 1. The highest BCUT2D eigenvalue weighted by atomic mass is 16.6. The molecule has 0 saturated heterocycles. The number of quaternary nitrogens is 1. The monoisotopic (exact) mass is 766 g/mol. The summed E-state index contributed by atoms with van der Waals surface area (Å²) < 4.78 is 17.1. The fourth-order valence-electron chi connectivity index (χ4n) is 5.40. The summed E-state index contributed by atoms with van der Waals surface area (Å²) in [4.78, 5) is 36.8. The van der Waals surface area contributed by atoms with Crippen LogP contribution in [0.25, 0.3) is 0 Å². The molecule has 0 aromatic heterocycles. The highest BCUT2D eigenvalue weighted by Crippen LogP contribution is 2.12. The number of esters is 2. The zero-order chi connectivity index (χ0) is 40.7. The van der Waals surface area contributed by atoms with E-state index in [1.165, 1.54) is 12.8 Å². The second kappa shape index (κ2) is 37.2. The second-order valence-electron chi connectivity index (χ2n) is 14.6. The molecule has 0 aliphatic heterocycles. The Morgan fingerprint density at radius 3 is 1.65 bits per heavy atom. The molecule has 0 N–H and O–H groups in total. The van der Waals surface area contributed by atoms with Crippen LogP contribution < -0.4 is 5.11 Å². The Bertz CT molecular complexity index is 1220. The molecule has 55 heavy (non-hydrogen) atoms. The van der Waals surface area contributed by atoms with Crippen LogP contribution in [0.4, 0.5) is 0 Å². The molecule has 0 rings (SSSR count). The number of carbonyl (C=O) groups excluding carboxylic acids is 3. The van der Waals surface area contributed by atoms with Crippen LogP contribution in [-0.4, -0.2) is 75.5 Å². The summed E-state index contributed by atoms with van der Waals surface area (Å²) in [7, 11) is 5.37. The minimum Gasteiger partial charge on any atom is -0.544 e. The smallest absolute Gasteiger partial charge is 0.306 e. The van der Waals surface area contributed by atoms with Crippen molar-refractivity contribution in [2.75, 3.05) is 41.0 Å². The first-order valence-corrected chi connectivity index (χ1v) is 20.8. The summed E-state index contributed by atoms with van der Waals surface area (Å²) in [6.45, 7) is 4.31. The first-order valence-electron chi connectivity index (χ1n) is 20.8. The predicted octanol–water partition coefficient (Wildman–Crippen LogP) is 9.79. The maximum Gasteiger partial charge on any atom is 0.306 e. The van der Waals surface area contributed by atoms with E-state index in [0.29, 0.717) is 19.3 Å². The van der Waals surface area contributed by atoms with E-state index in [2.05, 4.69) is 62.5 Å². The van der Waals surface area contributed by atoms with Gasteiger partial charge in [-0.15, -0.1) is 0 Å². The molecule has 2 unspecified atom stereocenters. The van der Waals surface area contributed by atoms with Crippen LogP contribution in [0.1, 0.15) is 129 Å². The predicted molar refractivity (Wildman–Crippen MR) is 226 cm³/mol. The SMILES string of the molecule is CC/C=C/C=C/C=C/C=C/C=C/CCCCCC(=O)OCC(COCCC(C(=O)[O-])[N+](C)(C)C)OC(=O)CCCCCCCC/C=C/C/C=C/C/C=C/CC. The van der Waals surface area contributed by atoms with Crippen LogP contribution >= 0.6 is 0 Å². The molecule has 0 saturated carbocycles. The fraction of sp³-hybridized carbons (Fsp3) is 0.596. The first kappa shape index (κ1) is 51.2. The molecule has 0 bridgehead atoms. The van der Waals surface area contributed by atoms with Gasteiger partial charge in [-0.05, 0) is 64.2 Å². The van der Waals surface area contributed by atoms with Crippen molar-refractivity contribution in [2.45, 2.75) is 142 Å². The van der Waals surface area contributed by atoms with Gasteiger partial charge in [0.15, 0.2) is 6.10 Å². The van der Waals surface area contributed by atoms with E-state index >= 15 is 0 Å². The highest BCUT2D eigenvalue weighted by Gasteiger charge is 2.25. The van der Waals surface area contributed by atoms with E-state index in [-0.39, 0.29) is 42.7 Å². The van der Waals surface area contributed by atoms with Gasteiger partial charge in [0, 0.05) is 19.3 Å². The number of aliphatic carboxylic acids is 1. The topological polar surface area (TPSA) is 102 Å². The molecule has 8 heteroatoms. The van der Waals surface area contributed by atoms with E-state index in [9.17, 15) is 19.5 Å². The molecule has 0 amide bonds. The normalized spacial score (nSPS) is 14.0. The van der Waals surface area contributed by atoms with Gasteiger partial charge in [-0.3, -0.25) is 9.59 Å². The van der Waals surface area contributed by atoms with Gasteiger partial charge in [0.2, 0.25) is 0 Å². The largest absolute Gasteiger partial charge is 0.544 e. The van der Waals surface area contributed by atoms with Gasteiger partial charge in [0.1, 0.15) is 12.6 Å². The van der Waals surface area contributed by atoms with Crippen molar-refractivity contribution in [2.24, 2.45) is 0 Å². The van der Waals surface area contributed by atoms with Crippen LogP contribution in [0, 0.1) is 0 Å². The third-order valence-corrected chi connectivity index (χ3v) is 8.59. The Kier molecular flexibility index (Phi) is 34.7. The van der Waals surface area contributed by atoms with Gasteiger partial charge < -0.3 is 28.6 Å². The molecule has 0 spiro atoms. The van der Waals surface area contributed by atoms with Crippen molar-refractivity contribution in [3.05, 3.63) is 97.2 Å². The van der Waals surface area contributed by atoms with Gasteiger partial charge >= 0.3 is 11.9 Å². The summed E-state index contributed by atoms with van der Waals surface area (Å²) in [5.41, 5.74) is 0. The zero-order valence-electron chi connectivity index (χ0n) is 35.0. The molecule has 0 radical (unpaired) electrons. The number of unbranched alkanes of at least 4 members (excludes halogenated alkanes) is 9. The molecule has 0 aromatic rings. The average Bonchev–Trinajstić information content (AvgIpc) is 3.14. The van der Waals surface area contributed by atoms with E-state index in [4.69, 9.17) is 14.2 Å². The molecule has 0 heterocycles. The fourth-order valence-corrected chi connectivity index (χ4v) is 5.40. The Morgan fingerprint density at radius 1 is 0.564 bits per heavy atom. The number of carbonyl (C=O) groups is 3. The Balaban J connectivity index is 4.50. The lowest BCUT2D eigenvalue weighted by Gasteiger charge is -2.34. The third-order valence-electron chi connectivity index (χ3n) is 8.59. The Labute approximate surface area is 335 Å². The van der Waals surface area contributed by atoms with Crippen LogP contribution in [0.3, 0.4) is 0 Å². The summed E-state index contributed by atoms with van der Waals surface area (Å²) in [6.07, 6.45) is 48.6. The van der Waals surface area contributed by atoms with Crippen molar-refractivity contribution in [3.63, 3.8) is 0 Å². The van der Waals surface area contributed by atoms with Crippen molar-refractivity contribution in [1.82, 2.24) is 0 Å². The zero-order valence-corrected chi connectivity index (χ0v) is 35.0. The number of hydrogen-bond donors (Lipinski definition) is 0. The van der Waals surface area contributed by atoms with Gasteiger partial charge in [-0.1, -0.05) is 143 Å². The first-order chi connectivity index (χ1) is 26.6. The molecule has 0 aromatic carbocycles. The third kappa shape index (κ3) is 35.7. The van der Waals surface area contributed by atoms with Crippen LogP contribution in [0.15, 0.2) is 97.2 Å². The lowest BCUT2D eigenvalue weighted by atomic mass is 10.1. The lowest BCUT2D eigenvalue weighted by molar-refractivity contribution is -0.889. The second-order valence-corrected chi connectivity index (χ2v) is 14.6. The number of likely N-dealkylation sites (N-methyl/N-ethyl adjacent to an activating group) is 1. The number of carboxylic acids is 1. The standard InChI is InChI=1S/C47H75NO7/c1-6-8-10-12-14-16-18-20-22-24-26-28-30-32-34-36-38-46(50)55-43(41-53-40-39-44(47(51)52)48(3,4)5)42-54-45(49)37-35-33-31-29-27-25-23-21-19-17-15-13-11-9-7-2/h8-11,13-17,19-23,25,27,43-44H,6-7,12,18,24,26,28-42H2,1-5H3/b10-8+,11-9+,15-13+,16-14+,19-17+,22-20+,23-21+,27-25+. The highest BCUT2D eigenvalue weighted by molar-refractivity contribution is 5.70. The van der Waals surface area contributed by atoms with Gasteiger partial charge in [-0.2, -0.15) is 0 Å². The van der Waals surface area contributed by atoms with E-state index in [1.54, 1.807) is 21.1 Å². The summed E-state index contributed by atoms with van der Waals surface area (Å²) in [6, 6.07) is -0.740. The van der Waals surface area contributed by atoms with Crippen LogP contribution in [0.2, 0.25) is 0 Å². The number of allylic oxidation sites excluding steroid dienone is 16. The average molecular weight is 766 g/mol. The summed E-state index contributed by atoms with van der Waals surface area (Å²) in [5, 5.41) is 11.6. The Morgan fingerprint density at radius 2 is 1.05 bits per heavy atom. The lowest BCUT2D eigenvalue weighted by Crippen LogP contribution is -2.55. The van der Waals surface area contributed by atoms with Crippen molar-refractivity contribution < 1.29 is 38.2 Å². The summed E-state index contributed by atoms with van der Waals surface area (Å²) in [5.74, 6) is -1.82. The number of rotatable bonds is 35. The maximum absolute atomic E-state index is 12.7. The molecule has 8 nitrogen and oxygen atoms in total. The van der Waals surface area contributed by atoms with Gasteiger partial charge in [0.25, 0.3) is 0 Å². The number of carboxylic acid groups (broad SMARTS) is 1. The minimum absolute atomic E-state index is 0.0144. The number of ether oxygens (including phenoxy) is 3.